The lowest BCUT2D eigenvalue weighted by molar-refractivity contribution is -0.128. The molecular formula is C17H24N2O4. The van der Waals surface area contributed by atoms with E-state index >= 15 is 0 Å². The topological polar surface area (TPSA) is 63.0 Å². The minimum absolute atomic E-state index is 0.0232. The fourth-order valence-electron chi connectivity index (χ4n) is 3.80. The van der Waals surface area contributed by atoms with Gasteiger partial charge in [-0.25, -0.2) is 0 Å². The second kappa shape index (κ2) is 6.74. The van der Waals surface area contributed by atoms with E-state index in [9.17, 15) is 9.59 Å². The van der Waals surface area contributed by atoms with Gasteiger partial charge in [-0.05, 0) is 31.7 Å². The second-order valence-electron chi connectivity index (χ2n) is 6.49. The van der Waals surface area contributed by atoms with Crippen molar-refractivity contribution < 1.29 is 18.7 Å². The number of ether oxygens (including phenoxy) is 1. The number of hydrogen-bond donors (Lipinski definition) is 0. The van der Waals surface area contributed by atoms with E-state index in [1.165, 1.54) is 12.5 Å². The lowest BCUT2D eigenvalue weighted by atomic mass is 9.85. The number of rotatable bonds is 5. The number of piperidine rings is 1. The first-order valence-electron chi connectivity index (χ1n) is 8.27. The van der Waals surface area contributed by atoms with Crippen LogP contribution in [0, 0.1) is 0 Å². The number of likely N-dealkylation sites (tertiary alicyclic amines) is 2. The predicted octanol–water partition coefficient (Wildman–Crippen LogP) is 1.91. The van der Waals surface area contributed by atoms with Crippen LogP contribution in [0.2, 0.25) is 0 Å². The van der Waals surface area contributed by atoms with E-state index < -0.39 is 0 Å². The van der Waals surface area contributed by atoms with E-state index in [0.29, 0.717) is 38.2 Å². The summed E-state index contributed by atoms with van der Waals surface area (Å²) < 4.78 is 10.1. The van der Waals surface area contributed by atoms with Crippen LogP contribution in [0.5, 0.6) is 0 Å². The van der Waals surface area contributed by atoms with E-state index in [1.807, 2.05) is 9.80 Å². The molecule has 3 rings (SSSR count). The van der Waals surface area contributed by atoms with Gasteiger partial charge in [0.2, 0.25) is 5.91 Å². The molecule has 1 unspecified atom stereocenters. The van der Waals surface area contributed by atoms with Crippen molar-refractivity contribution in [3.05, 3.63) is 24.2 Å². The van der Waals surface area contributed by atoms with Gasteiger partial charge in [0.25, 0.3) is 5.91 Å². The van der Waals surface area contributed by atoms with Gasteiger partial charge < -0.3 is 19.0 Å². The smallest absolute Gasteiger partial charge is 0.257 e. The summed E-state index contributed by atoms with van der Waals surface area (Å²) in [7, 11) is 1.67. The third kappa shape index (κ3) is 3.13. The number of amides is 2. The van der Waals surface area contributed by atoms with Crippen molar-refractivity contribution in [2.24, 2.45) is 0 Å². The number of furan rings is 1. The Morgan fingerprint density at radius 1 is 1.43 bits per heavy atom. The molecule has 23 heavy (non-hydrogen) atoms. The Bertz CT molecular complexity index is 557. The summed E-state index contributed by atoms with van der Waals surface area (Å²) in [6, 6.07) is 1.69. The van der Waals surface area contributed by atoms with Crippen molar-refractivity contribution in [1.82, 2.24) is 9.80 Å². The van der Waals surface area contributed by atoms with Crippen molar-refractivity contribution in [1.29, 1.82) is 0 Å². The fraction of sp³-hybridized carbons (Fsp3) is 0.647. The molecule has 0 bridgehead atoms. The first-order valence-corrected chi connectivity index (χ1v) is 8.27. The molecule has 0 N–H and O–H groups in total. The Balaban J connectivity index is 1.75. The fourth-order valence-corrected chi connectivity index (χ4v) is 3.80. The number of carbonyl (C=O) groups excluding carboxylic acids is 2. The molecule has 2 amide bonds. The minimum Gasteiger partial charge on any atom is -0.472 e. The average molecular weight is 320 g/mol. The molecule has 1 aromatic rings. The van der Waals surface area contributed by atoms with Crippen LogP contribution in [0.15, 0.2) is 23.0 Å². The summed E-state index contributed by atoms with van der Waals surface area (Å²) in [6.07, 6.45) is 7.21. The van der Waals surface area contributed by atoms with Crippen molar-refractivity contribution in [2.45, 2.75) is 37.6 Å². The molecule has 6 nitrogen and oxygen atoms in total. The van der Waals surface area contributed by atoms with Crippen LogP contribution in [-0.2, 0) is 9.53 Å². The van der Waals surface area contributed by atoms with Crippen LogP contribution in [0.25, 0.3) is 0 Å². The van der Waals surface area contributed by atoms with Crippen molar-refractivity contribution in [3.8, 4) is 0 Å². The maximum absolute atomic E-state index is 12.8. The van der Waals surface area contributed by atoms with Gasteiger partial charge in [-0.1, -0.05) is 0 Å². The molecular weight excluding hydrogens is 296 g/mol. The lowest BCUT2D eigenvalue weighted by Gasteiger charge is -2.44. The Kier molecular flexibility index (Phi) is 4.71. The lowest BCUT2D eigenvalue weighted by Crippen LogP contribution is -2.56. The summed E-state index contributed by atoms with van der Waals surface area (Å²) >= 11 is 0. The van der Waals surface area contributed by atoms with E-state index in [1.54, 1.807) is 13.2 Å². The van der Waals surface area contributed by atoms with Gasteiger partial charge in [0, 0.05) is 33.4 Å². The molecule has 1 spiro atoms. The molecule has 0 saturated carbocycles. The van der Waals surface area contributed by atoms with E-state index in [0.717, 1.165) is 25.7 Å². The zero-order valence-corrected chi connectivity index (χ0v) is 13.6. The highest BCUT2D eigenvalue weighted by Gasteiger charge is 2.49. The Labute approximate surface area is 136 Å². The number of nitrogens with zero attached hydrogens (tertiary/aromatic N) is 2. The third-order valence-corrected chi connectivity index (χ3v) is 4.95. The highest BCUT2D eigenvalue weighted by atomic mass is 16.5. The zero-order valence-electron chi connectivity index (χ0n) is 13.6. The van der Waals surface area contributed by atoms with Crippen LogP contribution in [0.1, 0.15) is 42.5 Å². The van der Waals surface area contributed by atoms with E-state index in [2.05, 4.69) is 0 Å². The molecule has 3 heterocycles. The van der Waals surface area contributed by atoms with Gasteiger partial charge in [0.15, 0.2) is 0 Å². The summed E-state index contributed by atoms with van der Waals surface area (Å²) in [5.41, 5.74) is 0.216. The molecule has 0 aromatic carbocycles. The maximum atomic E-state index is 12.8. The maximum Gasteiger partial charge on any atom is 0.257 e. The molecule has 6 heteroatoms. The summed E-state index contributed by atoms with van der Waals surface area (Å²) in [6.45, 7) is 2.69. The number of hydrogen-bond acceptors (Lipinski definition) is 4. The van der Waals surface area contributed by atoms with Gasteiger partial charge in [-0.15, -0.1) is 0 Å². The van der Waals surface area contributed by atoms with Gasteiger partial charge >= 0.3 is 0 Å². The standard InChI is InChI=1S/C17H24N2O4/c1-22-9-4-7-18-13-17(11-15(18)20)6-2-3-8-19(17)16(21)14-5-10-23-12-14/h5,10,12H,2-4,6-9,11,13H2,1H3. The molecule has 0 radical (unpaired) electrons. The number of carbonyl (C=O) groups is 2. The Morgan fingerprint density at radius 3 is 3.04 bits per heavy atom. The van der Waals surface area contributed by atoms with Crippen molar-refractivity contribution in [3.63, 3.8) is 0 Å². The average Bonchev–Trinajstić information content (AvgIpc) is 3.17. The predicted molar refractivity (Wildman–Crippen MR) is 84.0 cm³/mol. The third-order valence-electron chi connectivity index (χ3n) is 4.95. The van der Waals surface area contributed by atoms with Gasteiger partial charge in [0.1, 0.15) is 6.26 Å². The molecule has 1 atom stereocenters. The summed E-state index contributed by atoms with van der Waals surface area (Å²) in [5.74, 6) is 0.123. The summed E-state index contributed by atoms with van der Waals surface area (Å²) in [5, 5.41) is 0. The van der Waals surface area contributed by atoms with Gasteiger partial charge in [-0.2, -0.15) is 0 Å². The van der Waals surface area contributed by atoms with Crippen LogP contribution in [0.4, 0.5) is 0 Å². The van der Waals surface area contributed by atoms with Crippen LogP contribution < -0.4 is 0 Å². The monoisotopic (exact) mass is 320 g/mol. The molecule has 126 valence electrons. The Morgan fingerprint density at radius 2 is 2.30 bits per heavy atom. The highest BCUT2D eigenvalue weighted by molar-refractivity contribution is 5.95. The SMILES string of the molecule is COCCCN1CC2(CCCCN2C(=O)c2ccoc2)CC1=O. The zero-order chi connectivity index (χ0) is 16.3. The van der Waals surface area contributed by atoms with Gasteiger partial charge in [-0.3, -0.25) is 9.59 Å². The quantitative estimate of drug-likeness (QED) is 0.778. The largest absolute Gasteiger partial charge is 0.472 e. The van der Waals surface area contributed by atoms with Crippen molar-refractivity contribution >= 4 is 11.8 Å². The molecule has 2 aliphatic heterocycles. The minimum atomic E-state index is -0.350. The van der Waals surface area contributed by atoms with Crippen molar-refractivity contribution in [2.75, 3.05) is 33.4 Å². The second-order valence-corrected chi connectivity index (χ2v) is 6.49. The number of methoxy groups -OCH3 is 1. The first kappa shape index (κ1) is 16.1. The van der Waals surface area contributed by atoms with E-state index in [-0.39, 0.29) is 17.4 Å². The summed E-state index contributed by atoms with van der Waals surface area (Å²) in [4.78, 5) is 29.0. The molecule has 1 aromatic heterocycles. The Hall–Kier alpha value is -1.82. The van der Waals surface area contributed by atoms with Crippen LogP contribution >= 0.6 is 0 Å². The molecule has 0 aliphatic carbocycles. The van der Waals surface area contributed by atoms with E-state index in [4.69, 9.17) is 9.15 Å². The highest BCUT2D eigenvalue weighted by Crippen LogP contribution is 2.38. The normalized spacial score (nSPS) is 24.7. The molecule has 2 saturated heterocycles. The molecule has 2 fully saturated rings. The molecule has 2 aliphatic rings. The van der Waals surface area contributed by atoms with Crippen LogP contribution in [0.3, 0.4) is 0 Å². The van der Waals surface area contributed by atoms with Gasteiger partial charge in [0.05, 0.1) is 23.8 Å². The first-order chi connectivity index (χ1) is 11.2. The van der Waals surface area contributed by atoms with Crippen LogP contribution in [-0.4, -0.2) is 60.5 Å².